The Kier molecular flexibility index (Phi) is 2.55. The van der Waals surface area contributed by atoms with Crippen LogP contribution in [0.5, 0.6) is 0 Å². The molecule has 1 aliphatic carbocycles. The fourth-order valence-electron chi connectivity index (χ4n) is 1.93. The molecular formula is C12H19N3. The van der Waals surface area contributed by atoms with Crippen molar-refractivity contribution in [1.82, 2.24) is 4.98 Å². The van der Waals surface area contributed by atoms with E-state index in [1.807, 2.05) is 19.1 Å². The smallest absolute Gasteiger partial charge is 0.126 e. The Balaban J connectivity index is 1.96. The topological polar surface area (TPSA) is 50.9 Å². The molecule has 0 aromatic carbocycles. The molecule has 1 saturated carbocycles. The van der Waals surface area contributed by atoms with Crippen molar-refractivity contribution >= 4 is 11.5 Å². The number of hydrogen-bond donors (Lipinski definition) is 2. The molecule has 15 heavy (non-hydrogen) atoms. The molecule has 1 heterocycles. The summed E-state index contributed by atoms with van der Waals surface area (Å²) in [6, 6.07) is 3.86. The van der Waals surface area contributed by atoms with Crippen LogP contribution < -0.4 is 11.1 Å². The predicted octanol–water partition coefficient (Wildman–Crippen LogP) is 2.57. The van der Waals surface area contributed by atoms with Crippen molar-refractivity contribution in [3.8, 4) is 0 Å². The van der Waals surface area contributed by atoms with Gasteiger partial charge in [0.1, 0.15) is 5.82 Å². The number of pyridine rings is 1. The van der Waals surface area contributed by atoms with Crippen molar-refractivity contribution < 1.29 is 0 Å². The van der Waals surface area contributed by atoms with Gasteiger partial charge in [-0.05, 0) is 37.3 Å². The van der Waals surface area contributed by atoms with Gasteiger partial charge in [0.05, 0.1) is 11.4 Å². The lowest BCUT2D eigenvalue weighted by Gasteiger charge is -2.38. The van der Waals surface area contributed by atoms with Gasteiger partial charge in [0.25, 0.3) is 0 Å². The second kappa shape index (κ2) is 3.72. The number of nitrogen functional groups attached to an aromatic ring is 1. The highest BCUT2D eigenvalue weighted by Crippen LogP contribution is 2.40. The van der Waals surface area contributed by atoms with Crippen LogP contribution >= 0.6 is 0 Å². The van der Waals surface area contributed by atoms with Crippen LogP contribution in [0.4, 0.5) is 11.5 Å². The number of rotatable bonds is 3. The first-order valence-electron chi connectivity index (χ1n) is 5.56. The van der Waals surface area contributed by atoms with Crippen LogP contribution in [-0.2, 0) is 0 Å². The Bertz CT molecular complexity index is 356. The first-order valence-corrected chi connectivity index (χ1v) is 5.56. The molecule has 1 fully saturated rings. The maximum absolute atomic E-state index is 5.72. The van der Waals surface area contributed by atoms with Gasteiger partial charge in [0.15, 0.2) is 0 Å². The molecule has 1 aliphatic rings. The van der Waals surface area contributed by atoms with Gasteiger partial charge in [-0.1, -0.05) is 13.3 Å². The monoisotopic (exact) mass is 205 g/mol. The summed E-state index contributed by atoms with van der Waals surface area (Å²) >= 11 is 0. The van der Waals surface area contributed by atoms with Crippen LogP contribution in [0, 0.1) is 12.3 Å². The molecule has 0 atom stereocenters. The SMILES string of the molecule is Cc1nc(NCC2(C)CCC2)ccc1N. The number of aromatic nitrogens is 1. The van der Waals surface area contributed by atoms with Crippen LogP contribution in [0.25, 0.3) is 0 Å². The zero-order valence-corrected chi connectivity index (χ0v) is 9.51. The second-order valence-electron chi connectivity index (χ2n) is 4.89. The van der Waals surface area contributed by atoms with E-state index in [4.69, 9.17) is 5.73 Å². The Morgan fingerprint density at radius 1 is 1.47 bits per heavy atom. The van der Waals surface area contributed by atoms with E-state index in [1.165, 1.54) is 19.3 Å². The molecule has 0 saturated heterocycles. The fourth-order valence-corrected chi connectivity index (χ4v) is 1.93. The summed E-state index contributed by atoms with van der Waals surface area (Å²) < 4.78 is 0. The van der Waals surface area contributed by atoms with Crippen LogP contribution in [-0.4, -0.2) is 11.5 Å². The average molecular weight is 205 g/mol. The minimum atomic E-state index is 0.483. The minimum absolute atomic E-state index is 0.483. The molecular weight excluding hydrogens is 186 g/mol. The number of nitrogens with zero attached hydrogens (tertiary/aromatic N) is 1. The van der Waals surface area contributed by atoms with E-state index in [0.29, 0.717) is 5.41 Å². The maximum Gasteiger partial charge on any atom is 0.126 e. The molecule has 82 valence electrons. The minimum Gasteiger partial charge on any atom is -0.397 e. The third kappa shape index (κ3) is 2.22. The zero-order chi connectivity index (χ0) is 10.9. The highest BCUT2D eigenvalue weighted by atomic mass is 15.0. The molecule has 0 bridgehead atoms. The van der Waals surface area contributed by atoms with Crippen molar-refractivity contribution in [1.29, 1.82) is 0 Å². The number of anilines is 2. The summed E-state index contributed by atoms with van der Waals surface area (Å²) in [4.78, 5) is 4.40. The Hall–Kier alpha value is -1.25. The van der Waals surface area contributed by atoms with Gasteiger partial charge in [0, 0.05) is 6.54 Å². The molecule has 0 amide bonds. The molecule has 3 heteroatoms. The van der Waals surface area contributed by atoms with Crippen LogP contribution in [0.15, 0.2) is 12.1 Å². The van der Waals surface area contributed by atoms with Gasteiger partial charge in [-0.15, -0.1) is 0 Å². The number of nitrogens with two attached hydrogens (primary N) is 1. The summed E-state index contributed by atoms with van der Waals surface area (Å²) in [6.07, 6.45) is 4.02. The van der Waals surface area contributed by atoms with Crippen LogP contribution in [0.3, 0.4) is 0 Å². The van der Waals surface area contributed by atoms with E-state index in [2.05, 4.69) is 17.2 Å². The van der Waals surface area contributed by atoms with Crippen molar-refractivity contribution in [2.24, 2.45) is 5.41 Å². The maximum atomic E-state index is 5.72. The highest BCUT2D eigenvalue weighted by Gasteiger charge is 2.31. The van der Waals surface area contributed by atoms with E-state index >= 15 is 0 Å². The molecule has 2 rings (SSSR count). The normalized spacial score (nSPS) is 18.3. The average Bonchev–Trinajstić information content (AvgIpc) is 2.17. The number of aryl methyl sites for hydroxylation is 1. The third-order valence-electron chi connectivity index (χ3n) is 3.38. The summed E-state index contributed by atoms with van der Waals surface area (Å²) in [5.74, 6) is 0.940. The highest BCUT2D eigenvalue weighted by molar-refractivity contribution is 5.49. The quantitative estimate of drug-likeness (QED) is 0.797. The third-order valence-corrected chi connectivity index (χ3v) is 3.38. The zero-order valence-electron chi connectivity index (χ0n) is 9.51. The van der Waals surface area contributed by atoms with Gasteiger partial charge in [0.2, 0.25) is 0 Å². The first-order chi connectivity index (χ1) is 7.09. The Morgan fingerprint density at radius 2 is 2.20 bits per heavy atom. The molecule has 3 N–H and O–H groups in total. The number of nitrogens with one attached hydrogen (secondary N) is 1. The molecule has 1 aromatic heterocycles. The summed E-state index contributed by atoms with van der Waals surface area (Å²) in [5.41, 5.74) is 7.86. The Labute approximate surface area is 91.1 Å². The van der Waals surface area contributed by atoms with Crippen molar-refractivity contribution in [2.45, 2.75) is 33.1 Å². The lowest BCUT2D eigenvalue weighted by atomic mass is 9.70. The molecule has 0 spiro atoms. The first kappa shape index (κ1) is 10.3. The summed E-state index contributed by atoms with van der Waals surface area (Å²) in [6.45, 7) is 5.28. The molecule has 0 radical (unpaired) electrons. The van der Waals surface area contributed by atoms with E-state index in [-0.39, 0.29) is 0 Å². The standard InChI is InChI=1S/C12H19N3/c1-9-10(13)4-5-11(15-9)14-8-12(2)6-3-7-12/h4-5H,3,6-8,13H2,1-2H3,(H,14,15). The largest absolute Gasteiger partial charge is 0.397 e. The fraction of sp³-hybridized carbons (Fsp3) is 0.583. The number of hydrogen-bond acceptors (Lipinski definition) is 3. The van der Waals surface area contributed by atoms with E-state index in [1.54, 1.807) is 0 Å². The van der Waals surface area contributed by atoms with Crippen molar-refractivity contribution in [3.63, 3.8) is 0 Å². The molecule has 0 unspecified atom stereocenters. The van der Waals surface area contributed by atoms with Gasteiger partial charge in [-0.2, -0.15) is 0 Å². The van der Waals surface area contributed by atoms with Crippen LogP contribution in [0.2, 0.25) is 0 Å². The molecule has 1 aromatic rings. The van der Waals surface area contributed by atoms with E-state index in [9.17, 15) is 0 Å². The van der Waals surface area contributed by atoms with Gasteiger partial charge in [-0.25, -0.2) is 4.98 Å². The van der Waals surface area contributed by atoms with E-state index < -0.39 is 0 Å². The van der Waals surface area contributed by atoms with Gasteiger partial charge >= 0.3 is 0 Å². The van der Waals surface area contributed by atoms with E-state index in [0.717, 1.165) is 23.7 Å². The Morgan fingerprint density at radius 3 is 2.73 bits per heavy atom. The second-order valence-corrected chi connectivity index (χ2v) is 4.89. The van der Waals surface area contributed by atoms with Crippen molar-refractivity contribution in [2.75, 3.05) is 17.6 Å². The lowest BCUT2D eigenvalue weighted by molar-refractivity contribution is 0.180. The van der Waals surface area contributed by atoms with Gasteiger partial charge in [-0.3, -0.25) is 0 Å². The van der Waals surface area contributed by atoms with Crippen LogP contribution in [0.1, 0.15) is 31.9 Å². The molecule has 3 nitrogen and oxygen atoms in total. The summed E-state index contributed by atoms with van der Waals surface area (Å²) in [7, 11) is 0. The van der Waals surface area contributed by atoms with Crippen molar-refractivity contribution in [3.05, 3.63) is 17.8 Å². The lowest BCUT2D eigenvalue weighted by Crippen LogP contribution is -2.33. The van der Waals surface area contributed by atoms with Gasteiger partial charge < -0.3 is 11.1 Å². The molecule has 0 aliphatic heterocycles. The predicted molar refractivity (Wildman–Crippen MR) is 63.8 cm³/mol. The summed E-state index contributed by atoms with van der Waals surface area (Å²) in [5, 5.41) is 3.39.